The Morgan fingerprint density at radius 1 is 1.12 bits per heavy atom. The number of rotatable bonds is 4. The van der Waals surface area contributed by atoms with Crippen LogP contribution in [0.4, 0.5) is 5.69 Å². The molecule has 2 heteroatoms. The zero-order valence-corrected chi connectivity index (χ0v) is 12.0. The van der Waals surface area contributed by atoms with Crippen LogP contribution < -0.4 is 10.2 Å². The fraction of sp³-hybridized carbons (Fsp3) is 0.600. The van der Waals surface area contributed by atoms with Gasteiger partial charge in [0.05, 0.1) is 0 Å². The van der Waals surface area contributed by atoms with Gasteiger partial charge in [-0.1, -0.05) is 32.9 Å². The van der Waals surface area contributed by atoms with E-state index in [2.05, 4.69) is 76.3 Å². The van der Waals surface area contributed by atoms with Gasteiger partial charge in [-0.15, -0.1) is 0 Å². The second kappa shape index (κ2) is 5.54. The summed E-state index contributed by atoms with van der Waals surface area (Å²) in [6.45, 7) is 10.0. The monoisotopic (exact) mass is 234 g/mol. The molecule has 1 aromatic rings. The molecule has 0 aliphatic rings. The Hall–Kier alpha value is -1.02. The zero-order valence-electron chi connectivity index (χ0n) is 12.0. The van der Waals surface area contributed by atoms with E-state index in [1.54, 1.807) is 0 Å². The van der Waals surface area contributed by atoms with E-state index < -0.39 is 0 Å². The molecule has 2 nitrogen and oxygen atoms in total. The molecule has 1 atom stereocenters. The van der Waals surface area contributed by atoms with E-state index in [0.29, 0.717) is 11.5 Å². The molecule has 17 heavy (non-hydrogen) atoms. The van der Waals surface area contributed by atoms with E-state index in [9.17, 15) is 0 Å². The highest BCUT2D eigenvalue weighted by atomic mass is 15.1. The molecule has 0 aromatic heterocycles. The quantitative estimate of drug-likeness (QED) is 0.858. The van der Waals surface area contributed by atoms with Gasteiger partial charge in [0.25, 0.3) is 0 Å². The predicted octanol–water partition coefficient (Wildman–Crippen LogP) is 3.45. The van der Waals surface area contributed by atoms with Crippen LogP contribution in [0, 0.1) is 5.41 Å². The van der Waals surface area contributed by atoms with Crippen molar-refractivity contribution >= 4 is 5.69 Å². The summed E-state index contributed by atoms with van der Waals surface area (Å²) in [6, 6.07) is 9.16. The fourth-order valence-corrected chi connectivity index (χ4v) is 1.64. The molecule has 0 radical (unpaired) electrons. The minimum absolute atomic E-state index is 0.331. The lowest BCUT2D eigenvalue weighted by Crippen LogP contribution is -2.29. The van der Waals surface area contributed by atoms with Gasteiger partial charge in [0, 0.05) is 32.4 Å². The van der Waals surface area contributed by atoms with Crippen LogP contribution in [-0.4, -0.2) is 20.6 Å². The first-order valence-corrected chi connectivity index (χ1v) is 6.30. The Kier molecular flexibility index (Phi) is 4.58. The Morgan fingerprint density at radius 3 is 2.06 bits per heavy atom. The van der Waals surface area contributed by atoms with Gasteiger partial charge in [-0.25, -0.2) is 0 Å². The molecule has 0 heterocycles. The molecule has 0 aliphatic heterocycles. The SMILES string of the molecule is CC(NCC(C)(C)C)c1ccc(N(C)C)cc1. The van der Waals surface area contributed by atoms with Crippen LogP contribution in [0.1, 0.15) is 39.3 Å². The fourth-order valence-electron chi connectivity index (χ4n) is 1.64. The minimum atomic E-state index is 0.331. The smallest absolute Gasteiger partial charge is 0.0361 e. The maximum Gasteiger partial charge on any atom is 0.0361 e. The molecule has 1 aromatic carbocycles. The number of nitrogens with one attached hydrogen (secondary N) is 1. The summed E-state index contributed by atoms with van der Waals surface area (Å²) in [5.41, 5.74) is 2.93. The number of benzene rings is 1. The molecule has 0 saturated heterocycles. The summed E-state index contributed by atoms with van der Waals surface area (Å²) >= 11 is 0. The topological polar surface area (TPSA) is 15.3 Å². The van der Waals surface area contributed by atoms with Gasteiger partial charge >= 0.3 is 0 Å². The Labute approximate surface area is 106 Å². The van der Waals surface area contributed by atoms with Crippen LogP contribution in [0.5, 0.6) is 0 Å². The third kappa shape index (κ3) is 4.78. The molecule has 0 amide bonds. The van der Waals surface area contributed by atoms with Crippen molar-refractivity contribution in [3.63, 3.8) is 0 Å². The van der Waals surface area contributed by atoms with Gasteiger partial charge in [-0.2, -0.15) is 0 Å². The molecular weight excluding hydrogens is 208 g/mol. The van der Waals surface area contributed by atoms with Crippen molar-refractivity contribution in [3.05, 3.63) is 29.8 Å². The highest BCUT2D eigenvalue weighted by molar-refractivity contribution is 5.46. The van der Waals surface area contributed by atoms with E-state index in [1.807, 2.05) is 0 Å². The van der Waals surface area contributed by atoms with Gasteiger partial charge in [0.1, 0.15) is 0 Å². The van der Waals surface area contributed by atoms with Crippen molar-refractivity contribution in [2.24, 2.45) is 5.41 Å². The first-order valence-electron chi connectivity index (χ1n) is 6.30. The number of hydrogen-bond donors (Lipinski definition) is 1. The molecule has 1 rings (SSSR count). The maximum absolute atomic E-state index is 3.57. The van der Waals surface area contributed by atoms with Gasteiger partial charge in [0.15, 0.2) is 0 Å². The molecule has 0 aliphatic carbocycles. The summed E-state index contributed by atoms with van der Waals surface area (Å²) < 4.78 is 0. The number of anilines is 1. The van der Waals surface area contributed by atoms with Gasteiger partial charge in [-0.3, -0.25) is 0 Å². The van der Waals surface area contributed by atoms with Crippen LogP contribution >= 0.6 is 0 Å². The molecule has 0 fully saturated rings. The summed E-state index contributed by atoms with van der Waals surface area (Å²) in [6.07, 6.45) is 0. The van der Waals surface area contributed by atoms with Gasteiger partial charge in [-0.05, 0) is 30.0 Å². The van der Waals surface area contributed by atoms with Crippen molar-refractivity contribution in [1.82, 2.24) is 5.32 Å². The zero-order chi connectivity index (χ0) is 13.1. The molecular formula is C15H26N2. The van der Waals surface area contributed by atoms with E-state index in [1.165, 1.54) is 11.3 Å². The highest BCUT2D eigenvalue weighted by Gasteiger charge is 2.12. The van der Waals surface area contributed by atoms with Crippen LogP contribution in [0.15, 0.2) is 24.3 Å². The van der Waals surface area contributed by atoms with Crippen molar-refractivity contribution < 1.29 is 0 Å². The Bertz CT molecular complexity index is 333. The molecule has 0 saturated carbocycles. The van der Waals surface area contributed by atoms with Crippen LogP contribution in [0.3, 0.4) is 0 Å². The van der Waals surface area contributed by atoms with Crippen molar-refractivity contribution in [1.29, 1.82) is 0 Å². The van der Waals surface area contributed by atoms with Gasteiger partial charge < -0.3 is 10.2 Å². The number of nitrogens with zero attached hydrogens (tertiary/aromatic N) is 1. The summed E-state index contributed by atoms with van der Waals surface area (Å²) in [4.78, 5) is 2.12. The second-order valence-corrected chi connectivity index (χ2v) is 6.15. The average molecular weight is 234 g/mol. The molecule has 1 unspecified atom stereocenters. The van der Waals surface area contributed by atoms with Gasteiger partial charge in [0.2, 0.25) is 0 Å². The van der Waals surface area contributed by atoms with Crippen LogP contribution in [0.25, 0.3) is 0 Å². The molecule has 0 spiro atoms. The summed E-state index contributed by atoms with van der Waals surface area (Å²) in [5.74, 6) is 0. The lowest BCUT2D eigenvalue weighted by Gasteiger charge is -2.23. The van der Waals surface area contributed by atoms with E-state index in [-0.39, 0.29) is 0 Å². The molecule has 0 bridgehead atoms. The van der Waals surface area contributed by atoms with Crippen molar-refractivity contribution in [2.75, 3.05) is 25.5 Å². The van der Waals surface area contributed by atoms with Crippen molar-refractivity contribution in [2.45, 2.75) is 33.7 Å². The van der Waals surface area contributed by atoms with E-state index in [0.717, 1.165) is 6.54 Å². The summed E-state index contributed by atoms with van der Waals surface area (Å²) in [7, 11) is 4.13. The first kappa shape index (κ1) is 14.0. The lowest BCUT2D eigenvalue weighted by atomic mass is 9.96. The second-order valence-electron chi connectivity index (χ2n) is 6.15. The van der Waals surface area contributed by atoms with Crippen LogP contribution in [-0.2, 0) is 0 Å². The number of hydrogen-bond acceptors (Lipinski definition) is 2. The highest BCUT2D eigenvalue weighted by Crippen LogP contribution is 2.19. The lowest BCUT2D eigenvalue weighted by molar-refractivity contribution is 0.359. The Morgan fingerprint density at radius 2 is 1.65 bits per heavy atom. The summed E-state index contributed by atoms with van der Waals surface area (Å²) in [5, 5.41) is 3.57. The third-order valence-electron chi connectivity index (χ3n) is 2.85. The maximum atomic E-state index is 3.57. The van der Waals surface area contributed by atoms with Crippen molar-refractivity contribution in [3.8, 4) is 0 Å². The Balaban J connectivity index is 2.60. The predicted molar refractivity (Wildman–Crippen MR) is 76.6 cm³/mol. The standard InChI is InChI=1S/C15H26N2/c1-12(16-11-15(2,3)4)13-7-9-14(10-8-13)17(5)6/h7-10,12,16H,11H2,1-6H3. The normalized spacial score (nSPS) is 13.5. The van der Waals surface area contributed by atoms with E-state index in [4.69, 9.17) is 0 Å². The van der Waals surface area contributed by atoms with E-state index >= 15 is 0 Å². The first-order chi connectivity index (χ1) is 7.79. The molecule has 1 N–H and O–H groups in total. The minimum Gasteiger partial charge on any atom is -0.378 e. The third-order valence-corrected chi connectivity index (χ3v) is 2.85. The largest absolute Gasteiger partial charge is 0.378 e. The average Bonchev–Trinajstić information content (AvgIpc) is 2.25. The molecule has 96 valence electrons. The van der Waals surface area contributed by atoms with Crippen LogP contribution in [0.2, 0.25) is 0 Å².